The van der Waals surface area contributed by atoms with E-state index in [0.717, 1.165) is 26.2 Å². The van der Waals surface area contributed by atoms with Crippen molar-refractivity contribution in [3.63, 3.8) is 0 Å². The summed E-state index contributed by atoms with van der Waals surface area (Å²) in [6.07, 6.45) is 0. The summed E-state index contributed by atoms with van der Waals surface area (Å²) in [6.45, 7) is 13.3. The summed E-state index contributed by atoms with van der Waals surface area (Å²) in [5, 5.41) is 0. The maximum atomic E-state index is 2.55. The van der Waals surface area contributed by atoms with Gasteiger partial charge in [-0.3, -0.25) is 0 Å². The van der Waals surface area contributed by atoms with Crippen LogP contribution in [0.4, 0.5) is 0 Å². The molecular formula is C12H33N4P. The van der Waals surface area contributed by atoms with Crippen molar-refractivity contribution in [2.45, 2.75) is 27.7 Å². The normalized spacial score (nSPS) is 14.4. The zero-order chi connectivity index (χ0) is 13.6. The standard InChI is InChI=1S/C12H33N4P/c1-9-13(5)17(14(6)10-2,15(7)11-3)16(8)12-4/h17H,9-12H2,1-8H3. The van der Waals surface area contributed by atoms with Crippen molar-refractivity contribution in [1.29, 1.82) is 0 Å². The molecule has 0 saturated heterocycles. The fourth-order valence-electron chi connectivity index (χ4n) is 2.60. The van der Waals surface area contributed by atoms with Gasteiger partial charge in [-0.15, -0.1) is 0 Å². The second-order valence-corrected chi connectivity index (χ2v) is 8.91. The van der Waals surface area contributed by atoms with Gasteiger partial charge < -0.3 is 0 Å². The van der Waals surface area contributed by atoms with E-state index in [1.165, 1.54) is 0 Å². The Morgan fingerprint density at radius 3 is 0.824 bits per heavy atom. The zero-order valence-electron chi connectivity index (χ0n) is 13.1. The Hall–Kier alpha value is 0.270. The number of nitrogens with zero attached hydrogens (tertiary/aromatic N) is 4. The van der Waals surface area contributed by atoms with E-state index >= 15 is 0 Å². The molecule has 4 nitrogen and oxygen atoms in total. The van der Waals surface area contributed by atoms with Crippen LogP contribution in [0.1, 0.15) is 27.7 Å². The van der Waals surface area contributed by atoms with E-state index in [0.29, 0.717) is 0 Å². The van der Waals surface area contributed by atoms with E-state index in [1.807, 2.05) is 0 Å². The molecule has 0 rings (SSSR count). The summed E-state index contributed by atoms with van der Waals surface area (Å²) in [4.78, 5) is 0. The van der Waals surface area contributed by atoms with E-state index in [-0.39, 0.29) is 0 Å². The van der Waals surface area contributed by atoms with Crippen LogP contribution in [0.2, 0.25) is 0 Å². The van der Waals surface area contributed by atoms with Crippen molar-refractivity contribution < 1.29 is 0 Å². The Morgan fingerprint density at radius 1 is 0.529 bits per heavy atom. The fourth-order valence-corrected chi connectivity index (χ4v) is 7.79. The first-order chi connectivity index (χ1) is 7.93. The Morgan fingerprint density at radius 2 is 0.706 bits per heavy atom. The van der Waals surface area contributed by atoms with Crippen molar-refractivity contribution in [1.82, 2.24) is 18.7 Å². The molecule has 0 bridgehead atoms. The third kappa shape index (κ3) is 3.18. The molecule has 0 aliphatic rings. The van der Waals surface area contributed by atoms with Crippen molar-refractivity contribution in [2.24, 2.45) is 0 Å². The molecule has 0 unspecified atom stereocenters. The van der Waals surface area contributed by atoms with Gasteiger partial charge >= 0.3 is 109 Å². The van der Waals surface area contributed by atoms with Gasteiger partial charge in [0.05, 0.1) is 0 Å². The number of rotatable bonds is 8. The van der Waals surface area contributed by atoms with Crippen LogP contribution in [0.25, 0.3) is 0 Å². The van der Waals surface area contributed by atoms with Crippen LogP contribution in [-0.2, 0) is 0 Å². The molecule has 0 atom stereocenters. The van der Waals surface area contributed by atoms with Crippen molar-refractivity contribution >= 4 is 7.87 Å². The van der Waals surface area contributed by atoms with Crippen LogP contribution in [0.15, 0.2) is 0 Å². The molecule has 0 aliphatic carbocycles. The van der Waals surface area contributed by atoms with E-state index in [9.17, 15) is 0 Å². The Balaban J connectivity index is 5.51. The third-order valence-electron chi connectivity index (χ3n) is 3.95. The van der Waals surface area contributed by atoms with Gasteiger partial charge in [-0.25, -0.2) is 0 Å². The molecule has 0 fully saturated rings. The topological polar surface area (TPSA) is 13.0 Å². The average molecular weight is 264 g/mol. The minimum absolute atomic E-state index is 1.09. The van der Waals surface area contributed by atoms with Crippen LogP contribution in [-0.4, -0.2) is 73.1 Å². The molecular weight excluding hydrogens is 231 g/mol. The Kier molecular flexibility index (Phi) is 7.77. The molecule has 0 saturated carbocycles. The Bertz CT molecular complexity index is 167. The van der Waals surface area contributed by atoms with Gasteiger partial charge in [0.2, 0.25) is 0 Å². The van der Waals surface area contributed by atoms with Gasteiger partial charge in [-0.1, -0.05) is 0 Å². The zero-order valence-corrected chi connectivity index (χ0v) is 14.1. The van der Waals surface area contributed by atoms with Crippen LogP contribution < -0.4 is 0 Å². The predicted molar refractivity (Wildman–Crippen MR) is 81.5 cm³/mol. The van der Waals surface area contributed by atoms with E-state index in [4.69, 9.17) is 0 Å². The summed E-state index contributed by atoms with van der Waals surface area (Å²) in [5.41, 5.74) is 0. The van der Waals surface area contributed by atoms with Crippen molar-refractivity contribution in [3.05, 3.63) is 0 Å². The van der Waals surface area contributed by atoms with Crippen molar-refractivity contribution in [3.8, 4) is 0 Å². The fraction of sp³-hybridized carbons (Fsp3) is 1.00. The monoisotopic (exact) mass is 264 g/mol. The second-order valence-electron chi connectivity index (χ2n) is 4.66. The van der Waals surface area contributed by atoms with Gasteiger partial charge in [-0.05, 0) is 0 Å². The molecule has 0 spiro atoms. The summed E-state index contributed by atoms with van der Waals surface area (Å²) >= 11 is 0. The second kappa shape index (κ2) is 7.65. The molecule has 17 heavy (non-hydrogen) atoms. The molecule has 0 N–H and O–H groups in total. The number of hydrogen-bond donors (Lipinski definition) is 0. The van der Waals surface area contributed by atoms with E-state index < -0.39 is 7.87 Å². The SMILES string of the molecule is CCN(C)[PH](N(C)CC)(N(C)CC)N(C)CC. The summed E-state index contributed by atoms with van der Waals surface area (Å²) in [5.74, 6) is 0. The summed E-state index contributed by atoms with van der Waals surface area (Å²) in [7, 11) is 7.17. The van der Waals surface area contributed by atoms with Crippen molar-refractivity contribution in [2.75, 3.05) is 54.4 Å². The van der Waals surface area contributed by atoms with Gasteiger partial charge in [0.15, 0.2) is 0 Å². The predicted octanol–water partition coefficient (Wildman–Crippen LogP) is 2.20. The van der Waals surface area contributed by atoms with Gasteiger partial charge in [0.25, 0.3) is 0 Å². The minimum atomic E-state index is -1.88. The summed E-state index contributed by atoms with van der Waals surface area (Å²) in [6, 6.07) is 0. The molecule has 106 valence electrons. The van der Waals surface area contributed by atoms with Gasteiger partial charge in [0.1, 0.15) is 0 Å². The molecule has 0 aromatic carbocycles. The average Bonchev–Trinajstić information content (AvgIpc) is 2.37. The molecule has 0 amide bonds. The molecule has 0 aromatic rings. The third-order valence-corrected chi connectivity index (χ3v) is 9.31. The van der Waals surface area contributed by atoms with Crippen LogP contribution >= 0.6 is 7.87 Å². The molecule has 0 radical (unpaired) electrons. The van der Waals surface area contributed by atoms with Crippen LogP contribution in [0, 0.1) is 0 Å². The molecule has 0 aliphatic heterocycles. The quantitative estimate of drug-likeness (QED) is 0.623. The first-order valence-electron chi connectivity index (χ1n) is 6.78. The molecule has 0 heterocycles. The van der Waals surface area contributed by atoms with Gasteiger partial charge in [-0.2, -0.15) is 0 Å². The molecule has 5 heteroatoms. The van der Waals surface area contributed by atoms with Gasteiger partial charge in [0, 0.05) is 0 Å². The van der Waals surface area contributed by atoms with E-state index in [2.05, 4.69) is 74.6 Å². The first kappa shape index (κ1) is 17.3. The molecule has 0 aromatic heterocycles. The first-order valence-corrected chi connectivity index (χ1v) is 8.57. The maximum absolute atomic E-state index is 2.55. The summed E-state index contributed by atoms with van der Waals surface area (Å²) < 4.78 is 10.2. The number of hydrogen-bond acceptors (Lipinski definition) is 4. The van der Waals surface area contributed by atoms with Crippen LogP contribution in [0.3, 0.4) is 0 Å². The van der Waals surface area contributed by atoms with E-state index in [1.54, 1.807) is 0 Å². The van der Waals surface area contributed by atoms with Crippen LogP contribution in [0.5, 0.6) is 0 Å². The Labute approximate surface area is 109 Å².